The number of alkyl halides is 7. The fourth-order valence-electron chi connectivity index (χ4n) is 1.75. The minimum atomic E-state index is -6.54. The summed E-state index contributed by atoms with van der Waals surface area (Å²) in [6.07, 6.45) is -13.1. The van der Waals surface area contributed by atoms with Gasteiger partial charge in [0.1, 0.15) is 5.56 Å². The largest absolute Gasteiger partial charge is 0.435 e. The zero-order valence-electron chi connectivity index (χ0n) is 10.8. The molecule has 0 spiro atoms. The Bertz CT molecular complexity index is 619. The lowest BCUT2D eigenvalue weighted by Crippen LogP contribution is -2.50. The molecule has 0 radical (unpaired) electrons. The molecular weight excluding hydrogens is 345 g/mol. The Morgan fingerprint density at radius 1 is 0.826 bits per heavy atom. The molecule has 0 fully saturated rings. The summed E-state index contributed by atoms with van der Waals surface area (Å²) < 4.78 is 89.6. The molecule has 0 aliphatic rings. The molecule has 0 aliphatic carbocycles. The van der Waals surface area contributed by atoms with Crippen molar-refractivity contribution in [2.75, 3.05) is 0 Å². The van der Waals surface area contributed by atoms with Crippen LogP contribution in [0.25, 0.3) is 0 Å². The van der Waals surface area contributed by atoms with E-state index in [9.17, 15) is 51.0 Å². The summed E-state index contributed by atoms with van der Waals surface area (Å²) in [6, 6.07) is -0.632. The molecule has 13 heteroatoms. The Labute approximate surface area is 121 Å². The number of rotatable bonds is 3. The smallest absolute Gasteiger partial charge is 0.258 e. The van der Waals surface area contributed by atoms with E-state index in [-0.39, 0.29) is 12.1 Å². The average molecular weight is 350 g/mol. The Kier molecular flexibility index (Phi) is 4.29. The van der Waals surface area contributed by atoms with Crippen LogP contribution >= 0.6 is 0 Å². The van der Waals surface area contributed by atoms with Crippen molar-refractivity contribution in [1.82, 2.24) is 0 Å². The topological polar surface area (TPSA) is 86.3 Å². The SMILES string of the molecule is Cc1c([N+](=O)[O-])cc(C(F)(C(F)(F)F)C(F)(F)F)cc1[N+](=O)[O-]. The summed E-state index contributed by atoms with van der Waals surface area (Å²) in [5.41, 5.74) is -12.0. The number of halogens is 7. The lowest BCUT2D eigenvalue weighted by molar-refractivity contribution is -0.396. The first kappa shape index (κ1) is 18.6. The standard InChI is InChI=1S/C10H5F7N2O4/c1-4-6(18(20)21)2-5(3-7(4)19(22)23)8(11,9(12,13)14)10(15,16)17/h2-3H,1H3. The van der Waals surface area contributed by atoms with Gasteiger partial charge in [-0.15, -0.1) is 0 Å². The number of hydrogen-bond donors (Lipinski definition) is 0. The third-order valence-corrected chi connectivity index (χ3v) is 2.93. The highest BCUT2D eigenvalue weighted by Gasteiger charge is 2.74. The third kappa shape index (κ3) is 2.90. The highest BCUT2D eigenvalue weighted by molar-refractivity contribution is 5.57. The molecule has 0 aromatic heterocycles. The van der Waals surface area contributed by atoms with Crippen molar-refractivity contribution in [2.45, 2.75) is 24.9 Å². The summed E-state index contributed by atoms with van der Waals surface area (Å²) in [7, 11) is 0. The summed E-state index contributed by atoms with van der Waals surface area (Å²) in [5.74, 6) is 0. The molecule has 6 nitrogen and oxygen atoms in total. The molecule has 23 heavy (non-hydrogen) atoms. The number of nitro groups is 2. The molecule has 1 aromatic carbocycles. The van der Waals surface area contributed by atoms with Crippen molar-refractivity contribution < 1.29 is 40.6 Å². The maximum Gasteiger partial charge on any atom is 0.435 e. The summed E-state index contributed by atoms with van der Waals surface area (Å²) in [6.45, 7) is 0.737. The third-order valence-electron chi connectivity index (χ3n) is 2.93. The molecule has 1 aromatic rings. The van der Waals surface area contributed by atoms with Gasteiger partial charge in [0, 0.05) is 17.7 Å². The van der Waals surface area contributed by atoms with E-state index in [0.29, 0.717) is 0 Å². The minimum Gasteiger partial charge on any atom is -0.258 e. The van der Waals surface area contributed by atoms with Crippen molar-refractivity contribution >= 4 is 11.4 Å². The van der Waals surface area contributed by atoms with Gasteiger partial charge in [-0.2, -0.15) is 26.3 Å². The predicted octanol–water partition coefficient (Wildman–Crippen LogP) is 4.10. The van der Waals surface area contributed by atoms with E-state index in [2.05, 4.69) is 0 Å². The van der Waals surface area contributed by atoms with E-state index < -0.39 is 50.4 Å². The fourth-order valence-corrected chi connectivity index (χ4v) is 1.75. The van der Waals surface area contributed by atoms with Gasteiger partial charge in [0.25, 0.3) is 11.4 Å². The predicted molar refractivity (Wildman–Crippen MR) is 59.4 cm³/mol. The van der Waals surface area contributed by atoms with Crippen molar-refractivity contribution in [3.05, 3.63) is 43.5 Å². The molecule has 0 saturated carbocycles. The van der Waals surface area contributed by atoms with Gasteiger partial charge < -0.3 is 0 Å². The maximum absolute atomic E-state index is 13.9. The Balaban J connectivity index is 3.90. The highest BCUT2D eigenvalue weighted by atomic mass is 19.4. The van der Waals surface area contributed by atoms with Gasteiger partial charge in [0.2, 0.25) is 0 Å². The first-order valence-corrected chi connectivity index (χ1v) is 5.41. The Hall–Kier alpha value is -2.47. The van der Waals surface area contributed by atoms with E-state index in [1.165, 1.54) is 0 Å². The van der Waals surface area contributed by atoms with Crippen molar-refractivity contribution in [2.24, 2.45) is 0 Å². The molecule has 0 N–H and O–H groups in total. The number of benzene rings is 1. The van der Waals surface area contributed by atoms with Crippen LogP contribution in [0.15, 0.2) is 12.1 Å². The number of hydrogen-bond acceptors (Lipinski definition) is 4. The van der Waals surface area contributed by atoms with E-state index in [1.54, 1.807) is 0 Å². The van der Waals surface area contributed by atoms with Gasteiger partial charge in [-0.25, -0.2) is 4.39 Å². The number of nitrogens with zero attached hydrogens (tertiary/aromatic N) is 2. The highest BCUT2D eigenvalue weighted by Crippen LogP contribution is 2.54. The van der Waals surface area contributed by atoms with Crippen LogP contribution in [-0.4, -0.2) is 22.2 Å². The van der Waals surface area contributed by atoms with Gasteiger partial charge >= 0.3 is 18.0 Å². The Morgan fingerprint density at radius 2 is 1.13 bits per heavy atom. The molecule has 128 valence electrons. The molecule has 0 unspecified atom stereocenters. The second-order valence-corrected chi connectivity index (χ2v) is 4.31. The van der Waals surface area contributed by atoms with Crippen molar-refractivity contribution in [1.29, 1.82) is 0 Å². The van der Waals surface area contributed by atoms with Gasteiger partial charge in [-0.3, -0.25) is 20.2 Å². The molecule has 0 aliphatic heterocycles. The lowest BCUT2D eigenvalue weighted by atomic mass is 9.92. The van der Waals surface area contributed by atoms with Crippen LogP contribution in [0.2, 0.25) is 0 Å². The van der Waals surface area contributed by atoms with Gasteiger partial charge in [-0.1, -0.05) is 0 Å². The second kappa shape index (κ2) is 5.31. The molecule has 0 bridgehead atoms. The van der Waals surface area contributed by atoms with Gasteiger partial charge in [0.05, 0.1) is 9.85 Å². The van der Waals surface area contributed by atoms with Crippen LogP contribution in [0.5, 0.6) is 0 Å². The van der Waals surface area contributed by atoms with E-state index in [4.69, 9.17) is 0 Å². The van der Waals surface area contributed by atoms with E-state index in [1.807, 2.05) is 0 Å². The fraction of sp³-hybridized carbons (Fsp3) is 0.400. The molecule has 0 saturated heterocycles. The van der Waals surface area contributed by atoms with Crippen LogP contribution in [0.3, 0.4) is 0 Å². The zero-order valence-corrected chi connectivity index (χ0v) is 10.8. The zero-order chi connectivity index (χ0) is 18.4. The van der Waals surface area contributed by atoms with Gasteiger partial charge in [0.15, 0.2) is 0 Å². The quantitative estimate of drug-likeness (QED) is 0.467. The first-order valence-electron chi connectivity index (χ1n) is 5.41. The summed E-state index contributed by atoms with van der Waals surface area (Å²) in [5, 5.41) is 21.3. The lowest BCUT2D eigenvalue weighted by Gasteiger charge is -2.30. The molecular formula is C10H5F7N2O4. The Morgan fingerprint density at radius 3 is 1.35 bits per heavy atom. The van der Waals surface area contributed by atoms with Crippen molar-refractivity contribution in [3.63, 3.8) is 0 Å². The van der Waals surface area contributed by atoms with E-state index in [0.717, 1.165) is 6.92 Å². The maximum atomic E-state index is 13.9. The van der Waals surface area contributed by atoms with Crippen LogP contribution in [-0.2, 0) is 5.67 Å². The van der Waals surface area contributed by atoms with Crippen LogP contribution in [0, 0.1) is 27.2 Å². The second-order valence-electron chi connectivity index (χ2n) is 4.31. The van der Waals surface area contributed by atoms with Crippen molar-refractivity contribution in [3.8, 4) is 0 Å². The van der Waals surface area contributed by atoms with Gasteiger partial charge in [-0.05, 0) is 6.92 Å². The summed E-state index contributed by atoms with van der Waals surface area (Å²) >= 11 is 0. The minimum absolute atomic E-state index is 0.316. The van der Waals surface area contributed by atoms with Crippen LogP contribution in [0.4, 0.5) is 42.1 Å². The van der Waals surface area contributed by atoms with Crippen LogP contribution in [0.1, 0.15) is 11.1 Å². The molecule has 0 amide bonds. The number of nitro benzene ring substituents is 2. The summed E-state index contributed by atoms with van der Waals surface area (Å²) in [4.78, 5) is 18.5. The monoisotopic (exact) mass is 350 g/mol. The average Bonchev–Trinajstić information content (AvgIpc) is 2.34. The molecule has 0 atom stereocenters. The molecule has 1 rings (SSSR count). The normalized spacial score (nSPS) is 13.0. The van der Waals surface area contributed by atoms with Crippen LogP contribution < -0.4 is 0 Å². The first-order chi connectivity index (χ1) is 10.1. The molecule has 0 heterocycles. The van der Waals surface area contributed by atoms with E-state index >= 15 is 0 Å².